The Morgan fingerprint density at radius 3 is 2.86 bits per heavy atom. The Bertz CT molecular complexity index is 1080. The van der Waals surface area contributed by atoms with Crippen LogP contribution in [0.1, 0.15) is 56.2 Å². The van der Waals surface area contributed by atoms with Crippen LogP contribution in [0, 0.1) is 5.92 Å². The van der Waals surface area contributed by atoms with Crippen molar-refractivity contribution in [1.29, 1.82) is 0 Å². The van der Waals surface area contributed by atoms with E-state index in [4.69, 9.17) is 0 Å². The standard InChI is InChI=1S/C21H26N6O2/c1-14(2)11-17(21-24-23-18-9-5-6-10-26(18)21)22-19(28)13-27-20(29)12-15-7-3-4-8-16(15)25-27/h5-6,9-10,12,14,17H,3-4,7-8,11,13H2,1-2H3,(H,22,28)/t17-/m1/s1. The molecular weight excluding hydrogens is 368 g/mol. The van der Waals surface area contributed by atoms with Crippen LogP contribution < -0.4 is 10.9 Å². The van der Waals surface area contributed by atoms with Gasteiger partial charge in [-0.2, -0.15) is 5.10 Å². The number of nitrogens with zero attached hydrogens (tertiary/aromatic N) is 5. The van der Waals surface area contributed by atoms with Crippen LogP contribution in [0.4, 0.5) is 0 Å². The minimum Gasteiger partial charge on any atom is -0.344 e. The Labute approximate surface area is 169 Å². The van der Waals surface area contributed by atoms with Crippen LogP contribution in [-0.2, 0) is 24.2 Å². The van der Waals surface area contributed by atoms with Gasteiger partial charge in [-0.3, -0.25) is 14.0 Å². The first kappa shape index (κ1) is 19.3. The number of nitrogens with one attached hydrogen (secondary N) is 1. The van der Waals surface area contributed by atoms with Crippen molar-refractivity contribution in [2.24, 2.45) is 5.92 Å². The predicted octanol–water partition coefficient (Wildman–Crippen LogP) is 2.07. The average Bonchev–Trinajstić information content (AvgIpc) is 3.12. The van der Waals surface area contributed by atoms with Crippen LogP contribution >= 0.6 is 0 Å². The summed E-state index contributed by atoms with van der Waals surface area (Å²) in [7, 11) is 0. The first-order valence-electron chi connectivity index (χ1n) is 10.2. The summed E-state index contributed by atoms with van der Waals surface area (Å²) in [4.78, 5) is 25.2. The molecule has 0 aromatic carbocycles. The highest BCUT2D eigenvalue weighted by Crippen LogP contribution is 2.21. The quantitative estimate of drug-likeness (QED) is 0.691. The number of pyridine rings is 1. The first-order valence-corrected chi connectivity index (χ1v) is 10.2. The molecule has 1 aliphatic carbocycles. The SMILES string of the molecule is CC(C)C[C@@H](NC(=O)Cn1nc2c(cc1=O)CCCC2)c1nnc2ccccn12. The number of carbonyl (C=O) groups excluding carboxylic acids is 1. The monoisotopic (exact) mass is 394 g/mol. The van der Waals surface area contributed by atoms with Gasteiger partial charge < -0.3 is 5.32 Å². The lowest BCUT2D eigenvalue weighted by Gasteiger charge is -2.20. The van der Waals surface area contributed by atoms with E-state index in [0.717, 1.165) is 42.6 Å². The second-order valence-electron chi connectivity index (χ2n) is 8.06. The molecule has 8 heteroatoms. The molecule has 0 unspecified atom stereocenters. The summed E-state index contributed by atoms with van der Waals surface area (Å²) in [6.07, 6.45) is 6.51. The molecule has 0 aliphatic heterocycles. The molecule has 3 aromatic heterocycles. The van der Waals surface area contributed by atoms with Crippen molar-refractivity contribution >= 4 is 11.6 Å². The lowest BCUT2D eigenvalue weighted by molar-refractivity contribution is -0.122. The Balaban J connectivity index is 1.55. The van der Waals surface area contributed by atoms with Gasteiger partial charge in [-0.05, 0) is 55.7 Å². The summed E-state index contributed by atoms with van der Waals surface area (Å²) in [5, 5.41) is 16.0. The summed E-state index contributed by atoms with van der Waals surface area (Å²) in [5.74, 6) is 0.781. The molecular formula is C21H26N6O2. The summed E-state index contributed by atoms with van der Waals surface area (Å²) >= 11 is 0. The minimum absolute atomic E-state index is 0.0998. The van der Waals surface area contributed by atoms with E-state index in [1.165, 1.54) is 4.68 Å². The van der Waals surface area contributed by atoms with Crippen LogP contribution in [0.15, 0.2) is 35.3 Å². The molecule has 0 bridgehead atoms. The van der Waals surface area contributed by atoms with Gasteiger partial charge in [0.1, 0.15) is 6.54 Å². The molecule has 1 atom stereocenters. The molecule has 1 amide bonds. The van der Waals surface area contributed by atoms with Crippen LogP contribution in [-0.4, -0.2) is 30.3 Å². The Kier molecular flexibility index (Phi) is 5.42. The van der Waals surface area contributed by atoms with Gasteiger partial charge >= 0.3 is 0 Å². The fraction of sp³-hybridized carbons (Fsp3) is 0.476. The van der Waals surface area contributed by atoms with Gasteiger partial charge in [0.15, 0.2) is 11.5 Å². The minimum atomic E-state index is -0.298. The molecule has 0 saturated carbocycles. The van der Waals surface area contributed by atoms with Crippen LogP contribution in [0.2, 0.25) is 0 Å². The van der Waals surface area contributed by atoms with Crippen molar-refractivity contribution in [3.05, 3.63) is 57.9 Å². The molecule has 0 spiro atoms. The van der Waals surface area contributed by atoms with Crippen LogP contribution in [0.5, 0.6) is 0 Å². The Hall–Kier alpha value is -3.03. The largest absolute Gasteiger partial charge is 0.344 e. The normalized spacial score (nSPS) is 14.7. The third-order valence-corrected chi connectivity index (χ3v) is 5.26. The topological polar surface area (TPSA) is 94.2 Å². The zero-order valence-corrected chi connectivity index (χ0v) is 16.8. The maximum Gasteiger partial charge on any atom is 0.267 e. The summed E-state index contributed by atoms with van der Waals surface area (Å²) in [6.45, 7) is 4.09. The molecule has 0 saturated heterocycles. The zero-order valence-electron chi connectivity index (χ0n) is 16.8. The Morgan fingerprint density at radius 1 is 1.21 bits per heavy atom. The van der Waals surface area contributed by atoms with Gasteiger partial charge in [0, 0.05) is 12.3 Å². The van der Waals surface area contributed by atoms with E-state index in [2.05, 4.69) is 34.5 Å². The summed E-state index contributed by atoms with van der Waals surface area (Å²) in [6, 6.07) is 7.02. The first-order chi connectivity index (χ1) is 14.0. The number of aromatic nitrogens is 5. The van der Waals surface area contributed by atoms with E-state index in [1.54, 1.807) is 6.07 Å². The number of rotatable bonds is 6. The van der Waals surface area contributed by atoms with E-state index in [1.807, 2.05) is 28.8 Å². The molecule has 3 aromatic rings. The van der Waals surface area contributed by atoms with Gasteiger partial charge in [0.25, 0.3) is 5.56 Å². The third-order valence-electron chi connectivity index (χ3n) is 5.26. The van der Waals surface area contributed by atoms with Crippen molar-refractivity contribution < 1.29 is 4.79 Å². The van der Waals surface area contributed by atoms with Crippen molar-refractivity contribution in [3.63, 3.8) is 0 Å². The lowest BCUT2D eigenvalue weighted by Crippen LogP contribution is -2.37. The van der Waals surface area contributed by atoms with Crippen molar-refractivity contribution in [2.75, 3.05) is 0 Å². The molecule has 0 radical (unpaired) electrons. The van der Waals surface area contributed by atoms with E-state index in [-0.39, 0.29) is 24.1 Å². The van der Waals surface area contributed by atoms with Gasteiger partial charge in [0.05, 0.1) is 11.7 Å². The molecule has 0 fully saturated rings. The van der Waals surface area contributed by atoms with Crippen molar-refractivity contribution in [1.82, 2.24) is 29.7 Å². The van der Waals surface area contributed by atoms with Crippen LogP contribution in [0.3, 0.4) is 0 Å². The highest BCUT2D eigenvalue weighted by molar-refractivity contribution is 5.76. The smallest absolute Gasteiger partial charge is 0.267 e. The van der Waals surface area contributed by atoms with E-state index in [0.29, 0.717) is 18.2 Å². The van der Waals surface area contributed by atoms with Gasteiger partial charge in [-0.15, -0.1) is 10.2 Å². The maximum absolute atomic E-state index is 12.8. The molecule has 29 heavy (non-hydrogen) atoms. The second-order valence-corrected chi connectivity index (χ2v) is 8.06. The maximum atomic E-state index is 12.8. The molecule has 1 aliphatic rings. The molecule has 4 rings (SSSR count). The fourth-order valence-electron chi connectivity index (χ4n) is 3.89. The number of hydrogen-bond acceptors (Lipinski definition) is 5. The van der Waals surface area contributed by atoms with E-state index >= 15 is 0 Å². The predicted molar refractivity (Wildman–Crippen MR) is 108 cm³/mol. The third kappa shape index (κ3) is 4.21. The van der Waals surface area contributed by atoms with Gasteiger partial charge in [0.2, 0.25) is 5.91 Å². The second kappa shape index (κ2) is 8.14. The molecule has 8 nitrogen and oxygen atoms in total. The summed E-state index contributed by atoms with van der Waals surface area (Å²) < 4.78 is 3.16. The molecule has 152 valence electrons. The average molecular weight is 394 g/mol. The van der Waals surface area contributed by atoms with Crippen molar-refractivity contribution in [3.8, 4) is 0 Å². The highest BCUT2D eigenvalue weighted by atomic mass is 16.2. The number of fused-ring (bicyclic) bond motifs is 2. The molecule has 3 heterocycles. The highest BCUT2D eigenvalue weighted by Gasteiger charge is 2.22. The molecule has 1 N–H and O–H groups in total. The van der Waals surface area contributed by atoms with E-state index in [9.17, 15) is 9.59 Å². The summed E-state index contributed by atoms with van der Waals surface area (Å²) in [5.41, 5.74) is 2.46. The fourth-order valence-corrected chi connectivity index (χ4v) is 3.89. The lowest BCUT2D eigenvalue weighted by atomic mass is 9.97. The van der Waals surface area contributed by atoms with Crippen molar-refractivity contribution in [2.45, 2.75) is 58.5 Å². The van der Waals surface area contributed by atoms with Crippen LogP contribution in [0.25, 0.3) is 5.65 Å². The number of amides is 1. The number of hydrogen-bond donors (Lipinski definition) is 1. The number of aryl methyl sites for hydroxylation is 2. The zero-order chi connectivity index (χ0) is 20.4. The van der Waals surface area contributed by atoms with Gasteiger partial charge in [-0.25, -0.2) is 4.68 Å². The van der Waals surface area contributed by atoms with Gasteiger partial charge in [-0.1, -0.05) is 19.9 Å². The Morgan fingerprint density at radius 2 is 2.03 bits per heavy atom. The number of carbonyl (C=O) groups is 1. The van der Waals surface area contributed by atoms with E-state index < -0.39 is 0 Å².